The average Bonchev–Trinajstić information content (AvgIpc) is 3.33. The first-order chi connectivity index (χ1) is 15.8. The van der Waals surface area contributed by atoms with Crippen molar-refractivity contribution in [1.29, 1.82) is 0 Å². The van der Waals surface area contributed by atoms with Crippen molar-refractivity contribution in [1.82, 2.24) is 15.8 Å². The molecular formula is C23H21ClN4O4S. The number of imide groups is 1. The number of hydrogen-bond donors (Lipinski definition) is 2. The molecule has 1 saturated heterocycles. The molecule has 1 aromatic heterocycles. The van der Waals surface area contributed by atoms with Gasteiger partial charge in [0.2, 0.25) is 5.91 Å². The van der Waals surface area contributed by atoms with Gasteiger partial charge in [0.05, 0.1) is 24.9 Å². The fourth-order valence-electron chi connectivity index (χ4n) is 3.50. The molecule has 0 aliphatic carbocycles. The summed E-state index contributed by atoms with van der Waals surface area (Å²) < 4.78 is 5.31. The highest BCUT2D eigenvalue weighted by Crippen LogP contribution is 2.36. The second-order valence-corrected chi connectivity index (χ2v) is 8.90. The Bertz CT molecular complexity index is 1240. The molecule has 8 nitrogen and oxygen atoms in total. The van der Waals surface area contributed by atoms with Gasteiger partial charge in [0.25, 0.3) is 11.8 Å². The van der Waals surface area contributed by atoms with Crippen molar-refractivity contribution >= 4 is 46.3 Å². The number of ether oxygens (including phenoxy) is 1. The predicted octanol–water partition coefficient (Wildman–Crippen LogP) is 3.66. The summed E-state index contributed by atoms with van der Waals surface area (Å²) in [4.78, 5) is 44.3. The monoisotopic (exact) mass is 484 g/mol. The molecule has 0 radical (unpaired) electrons. The standard InChI is InChI=1S/C23H21ClN4O4S/c1-12-9-17(18(32-3)10-15(12)24)28-19(29)11-16(23(28)31)26-27-21(30)20-13(2)25-22(33-20)14-7-5-4-6-8-14/h4-10,16,26H,11H2,1-3H3,(H,27,30)/t16-/m1/s1. The lowest BCUT2D eigenvalue weighted by atomic mass is 10.2. The van der Waals surface area contributed by atoms with Crippen LogP contribution in [-0.4, -0.2) is 35.9 Å². The van der Waals surface area contributed by atoms with E-state index in [0.717, 1.165) is 15.5 Å². The Balaban J connectivity index is 1.48. The van der Waals surface area contributed by atoms with Gasteiger partial charge >= 0.3 is 0 Å². The fourth-order valence-corrected chi connectivity index (χ4v) is 4.63. The number of nitrogens with one attached hydrogen (secondary N) is 2. The van der Waals surface area contributed by atoms with Crippen LogP contribution >= 0.6 is 22.9 Å². The van der Waals surface area contributed by atoms with Gasteiger partial charge in [-0.2, -0.15) is 0 Å². The van der Waals surface area contributed by atoms with Gasteiger partial charge in [0, 0.05) is 16.7 Å². The normalized spacial score (nSPS) is 15.8. The number of halogens is 1. The predicted molar refractivity (Wildman–Crippen MR) is 127 cm³/mol. The van der Waals surface area contributed by atoms with Crippen LogP contribution < -0.4 is 20.5 Å². The number of aryl methyl sites for hydroxylation is 2. The highest BCUT2D eigenvalue weighted by atomic mass is 35.5. The van der Waals surface area contributed by atoms with E-state index in [1.807, 2.05) is 30.3 Å². The lowest BCUT2D eigenvalue weighted by Gasteiger charge is -2.19. The molecule has 3 amide bonds. The molecule has 10 heteroatoms. The first-order valence-corrected chi connectivity index (χ1v) is 11.3. The van der Waals surface area contributed by atoms with Gasteiger partial charge in [-0.1, -0.05) is 41.9 Å². The molecule has 1 atom stereocenters. The topological polar surface area (TPSA) is 101 Å². The van der Waals surface area contributed by atoms with E-state index in [2.05, 4.69) is 15.8 Å². The highest BCUT2D eigenvalue weighted by Gasteiger charge is 2.41. The number of thiazole rings is 1. The molecule has 1 aliphatic rings. The maximum absolute atomic E-state index is 13.0. The minimum Gasteiger partial charge on any atom is -0.495 e. The quantitative estimate of drug-likeness (QED) is 0.409. The van der Waals surface area contributed by atoms with E-state index in [1.165, 1.54) is 18.4 Å². The Morgan fingerprint density at radius 3 is 2.64 bits per heavy atom. The molecule has 3 aromatic rings. The van der Waals surface area contributed by atoms with E-state index in [9.17, 15) is 14.4 Å². The number of hydrogen-bond acceptors (Lipinski definition) is 7. The van der Waals surface area contributed by atoms with Crippen molar-refractivity contribution in [3.63, 3.8) is 0 Å². The van der Waals surface area contributed by atoms with Crippen LogP contribution in [-0.2, 0) is 9.59 Å². The van der Waals surface area contributed by atoms with Crippen LogP contribution in [0.15, 0.2) is 42.5 Å². The molecule has 0 bridgehead atoms. The van der Waals surface area contributed by atoms with Gasteiger partial charge in [-0.3, -0.25) is 19.8 Å². The molecule has 4 rings (SSSR count). The van der Waals surface area contributed by atoms with E-state index in [-0.39, 0.29) is 6.42 Å². The van der Waals surface area contributed by atoms with Crippen molar-refractivity contribution in [2.75, 3.05) is 12.0 Å². The van der Waals surface area contributed by atoms with Gasteiger partial charge in [0.1, 0.15) is 21.7 Å². The number of hydrazine groups is 1. The molecule has 1 aliphatic heterocycles. The third-order valence-corrected chi connectivity index (χ3v) is 6.84. The van der Waals surface area contributed by atoms with Crippen LogP contribution in [0.25, 0.3) is 10.6 Å². The summed E-state index contributed by atoms with van der Waals surface area (Å²) in [7, 11) is 1.44. The number of carbonyl (C=O) groups is 3. The minimum atomic E-state index is -0.913. The molecular weight excluding hydrogens is 464 g/mol. The maximum atomic E-state index is 13.0. The summed E-state index contributed by atoms with van der Waals surface area (Å²) in [6.45, 7) is 3.52. The average molecular weight is 485 g/mol. The second-order valence-electron chi connectivity index (χ2n) is 7.50. The Hall–Kier alpha value is -3.27. The smallest absolute Gasteiger partial charge is 0.277 e. The van der Waals surface area contributed by atoms with Crippen molar-refractivity contribution in [2.24, 2.45) is 0 Å². The molecule has 2 heterocycles. The summed E-state index contributed by atoms with van der Waals surface area (Å²) >= 11 is 7.39. The number of rotatable bonds is 6. The van der Waals surface area contributed by atoms with Gasteiger partial charge in [-0.25, -0.2) is 15.3 Å². The number of amides is 3. The lowest BCUT2D eigenvalue weighted by molar-refractivity contribution is -0.121. The summed E-state index contributed by atoms with van der Waals surface area (Å²) in [5.41, 5.74) is 7.76. The van der Waals surface area contributed by atoms with E-state index in [1.54, 1.807) is 26.0 Å². The molecule has 2 aromatic carbocycles. The van der Waals surface area contributed by atoms with E-state index < -0.39 is 23.8 Å². The number of aromatic nitrogens is 1. The minimum absolute atomic E-state index is 0.110. The number of methoxy groups -OCH3 is 1. The van der Waals surface area contributed by atoms with Crippen molar-refractivity contribution in [2.45, 2.75) is 26.3 Å². The summed E-state index contributed by atoms with van der Waals surface area (Å²) in [6.07, 6.45) is -0.110. The number of benzene rings is 2. The Morgan fingerprint density at radius 1 is 1.21 bits per heavy atom. The SMILES string of the molecule is COc1cc(Cl)c(C)cc1N1C(=O)C[C@@H](NNC(=O)c2sc(-c3ccccc3)nc2C)C1=O. The van der Waals surface area contributed by atoms with Crippen LogP contribution in [0.3, 0.4) is 0 Å². The summed E-state index contributed by atoms with van der Waals surface area (Å²) in [5, 5.41) is 1.19. The van der Waals surface area contributed by atoms with Crippen LogP contribution in [0.2, 0.25) is 5.02 Å². The van der Waals surface area contributed by atoms with Gasteiger partial charge in [-0.05, 0) is 25.5 Å². The van der Waals surface area contributed by atoms with Crippen LogP contribution in [0, 0.1) is 13.8 Å². The first-order valence-electron chi connectivity index (χ1n) is 10.1. The first kappa shape index (κ1) is 22.9. The molecule has 0 saturated carbocycles. The third kappa shape index (κ3) is 4.47. The van der Waals surface area contributed by atoms with E-state index in [0.29, 0.717) is 32.6 Å². The van der Waals surface area contributed by atoms with Crippen molar-refractivity contribution in [3.8, 4) is 16.3 Å². The number of nitrogens with zero attached hydrogens (tertiary/aromatic N) is 2. The second kappa shape index (κ2) is 9.30. The Labute approximate surface area is 199 Å². The maximum Gasteiger partial charge on any atom is 0.277 e. The molecule has 33 heavy (non-hydrogen) atoms. The van der Waals surface area contributed by atoms with Gasteiger partial charge in [-0.15, -0.1) is 11.3 Å². The highest BCUT2D eigenvalue weighted by molar-refractivity contribution is 7.17. The largest absolute Gasteiger partial charge is 0.495 e. The Morgan fingerprint density at radius 2 is 1.94 bits per heavy atom. The third-order valence-electron chi connectivity index (χ3n) is 5.23. The van der Waals surface area contributed by atoms with Crippen LogP contribution in [0.5, 0.6) is 5.75 Å². The molecule has 2 N–H and O–H groups in total. The zero-order valence-corrected chi connectivity index (χ0v) is 19.7. The summed E-state index contributed by atoms with van der Waals surface area (Å²) in [5.74, 6) is -1.02. The molecule has 170 valence electrons. The van der Waals surface area contributed by atoms with Gasteiger partial charge < -0.3 is 4.74 Å². The molecule has 0 unspecified atom stereocenters. The fraction of sp³-hybridized carbons (Fsp3) is 0.217. The summed E-state index contributed by atoms with van der Waals surface area (Å²) in [6, 6.07) is 11.8. The van der Waals surface area contributed by atoms with Gasteiger partial charge in [0.15, 0.2) is 0 Å². The lowest BCUT2D eigenvalue weighted by Crippen LogP contribution is -2.48. The van der Waals surface area contributed by atoms with Crippen LogP contribution in [0.1, 0.15) is 27.3 Å². The zero-order valence-electron chi connectivity index (χ0n) is 18.1. The van der Waals surface area contributed by atoms with Crippen molar-refractivity contribution < 1.29 is 19.1 Å². The zero-order chi connectivity index (χ0) is 23.7. The van der Waals surface area contributed by atoms with Crippen LogP contribution in [0.4, 0.5) is 5.69 Å². The Kier molecular flexibility index (Phi) is 6.46. The molecule has 0 spiro atoms. The number of carbonyl (C=O) groups excluding carboxylic acids is 3. The number of anilines is 1. The van der Waals surface area contributed by atoms with Crippen molar-refractivity contribution in [3.05, 3.63) is 63.6 Å². The van der Waals surface area contributed by atoms with E-state index >= 15 is 0 Å². The molecule has 1 fully saturated rings. The van der Waals surface area contributed by atoms with E-state index in [4.69, 9.17) is 16.3 Å².